The average molecular weight is 364 g/mol. The molecule has 3 aliphatic rings. The summed E-state index contributed by atoms with van der Waals surface area (Å²) in [7, 11) is 0. The maximum Gasteiger partial charge on any atom is 0.263 e. The van der Waals surface area contributed by atoms with Crippen LogP contribution in [-0.4, -0.2) is 23.9 Å². The van der Waals surface area contributed by atoms with E-state index in [0.29, 0.717) is 16.9 Å². The standard InChI is InChI=1S/C20H17FN4O2/c1-11-5-7-15(10-16(11)21)25-18-17(22-23-25)19(26)24(20(18)27)14-8-6-12-3-2-4-13(12)9-14/h5-10,17-18H,2-4H2,1H3. The number of amides is 2. The van der Waals surface area contributed by atoms with Crippen molar-refractivity contribution in [2.24, 2.45) is 10.3 Å². The molecule has 1 fully saturated rings. The molecule has 0 spiro atoms. The zero-order chi connectivity index (χ0) is 18.7. The van der Waals surface area contributed by atoms with Gasteiger partial charge in [0, 0.05) is 0 Å². The lowest BCUT2D eigenvalue weighted by atomic mass is 10.1. The Kier molecular flexibility index (Phi) is 3.40. The van der Waals surface area contributed by atoms with Gasteiger partial charge in [-0.25, -0.2) is 14.3 Å². The van der Waals surface area contributed by atoms with Crippen LogP contribution < -0.4 is 9.91 Å². The monoisotopic (exact) mass is 364 g/mol. The largest absolute Gasteiger partial charge is 0.271 e. The van der Waals surface area contributed by atoms with Crippen LogP contribution in [0, 0.1) is 12.7 Å². The average Bonchev–Trinajstić information content (AvgIpc) is 3.34. The maximum absolute atomic E-state index is 14.0. The lowest BCUT2D eigenvalue weighted by Crippen LogP contribution is -2.40. The minimum absolute atomic E-state index is 0.381. The predicted octanol–water partition coefficient (Wildman–Crippen LogP) is 3.12. The van der Waals surface area contributed by atoms with E-state index in [1.54, 1.807) is 19.1 Å². The quantitative estimate of drug-likeness (QED) is 0.769. The normalized spacial score (nSPS) is 23.3. The molecule has 1 saturated heterocycles. The molecule has 1 aliphatic carbocycles. The number of carbonyl (C=O) groups is 2. The van der Waals surface area contributed by atoms with Gasteiger partial charge in [0.1, 0.15) is 5.82 Å². The fourth-order valence-electron chi connectivity index (χ4n) is 4.05. The van der Waals surface area contributed by atoms with Gasteiger partial charge in [-0.3, -0.25) is 9.59 Å². The van der Waals surface area contributed by atoms with Crippen molar-refractivity contribution in [3.63, 3.8) is 0 Å². The van der Waals surface area contributed by atoms with Crippen LogP contribution in [0.2, 0.25) is 0 Å². The number of carbonyl (C=O) groups excluding carboxylic acids is 2. The highest BCUT2D eigenvalue weighted by Gasteiger charge is 2.55. The zero-order valence-corrected chi connectivity index (χ0v) is 14.7. The van der Waals surface area contributed by atoms with Gasteiger partial charge in [0.05, 0.1) is 11.4 Å². The highest BCUT2D eigenvalue weighted by molar-refractivity contribution is 6.26. The van der Waals surface area contributed by atoms with Gasteiger partial charge in [-0.1, -0.05) is 17.4 Å². The van der Waals surface area contributed by atoms with E-state index < -0.39 is 17.9 Å². The van der Waals surface area contributed by atoms with Crippen LogP contribution in [-0.2, 0) is 22.4 Å². The summed E-state index contributed by atoms with van der Waals surface area (Å²) in [6.45, 7) is 1.66. The molecule has 2 unspecified atom stereocenters. The second-order valence-corrected chi connectivity index (χ2v) is 7.19. The van der Waals surface area contributed by atoms with Crippen LogP contribution in [0.15, 0.2) is 46.7 Å². The summed E-state index contributed by atoms with van der Waals surface area (Å²) < 4.78 is 14.0. The topological polar surface area (TPSA) is 65.3 Å². The summed E-state index contributed by atoms with van der Waals surface area (Å²) in [6, 6.07) is 8.57. The summed E-state index contributed by atoms with van der Waals surface area (Å²) >= 11 is 0. The lowest BCUT2D eigenvalue weighted by molar-refractivity contribution is -0.121. The molecule has 7 heteroatoms. The summed E-state index contributed by atoms with van der Waals surface area (Å²) in [6.07, 6.45) is 3.08. The summed E-state index contributed by atoms with van der Waals surface area (Å²) in [4.78, 5) is 27.1. The summed E-state index contributed by atoms with van der Waals surface area (Å²) in [5, 5.41) is 9.32. The van der Waals surface area contributed by atoms with E-state index in [2.05, 4.69) is 10.3 Å². The number of halogens is 1. The Morgan fingerprint density at radius 1 is 1.00 bits per heavy atom. The lowest BCUT2D eigenvalue weighted by Gasteiger charge is -2.21. The molecule has 2 aromatic carbocycles. The fraction of sp³-hybridized carbons (Fsp3) is 0.300. The van der Waals surface area contributed by atoms with Gasteiger partial charge in [-0.2, -0.15) is 5.11 Å². The molecule has 0 aromatic heterocycles. The van der Waals surface area contributed by atoms with E-state index in [1.165, 1.54) is 27.1 Å². The van der Waals surface area contributed by atoms with Crippen molar-refractivity contribution >= 4 is 23.2 Å². The number of rotatable bonds is 2. The van der Waals surface area contributed by atoms with Gasteiger partial charge >= 0.3 is 0 Å². The molecular formula is C20H17FN4O2. The Hall–Kier alpha value is -3.09. The number of aryl methyl sites for hydroxylation is 3. The van der Waals surface area contributed by atoms with Gasteiger partial charge in [-0.15, -0.1) is 0 Å². The molecule has 136 valence electrons. The Morgan fingerprint density at radius 2 is 1.78 bits per heavy atom. The first-order valence-corrected chi connectivity index (χ1v) is 9.00. The molecule has 2 heterocycles. The number of fused-ring (bicyclic) bond motifs is 2. The molecule has 0 radical (unpaired) electrons. The third-order valence-electron chi connectivity index (χ3n) is 5.54. The first kappa shape index (κ1) is 16.1. The first-order valence-electron chi connectivity index (χ1n) is 9.00. The molecule has 2 amide bonds. The van der Waals surface area contributed by atoms with E-state index in [-0.39, 0.29) is 11.8 Å². The van der Waals surface area contributed by atoms with Crippen LogP contribution >= 0.6 is 0 Å². The maximum atomic E-state index is 14.0. The number of hydrogen-bond acceptors (Lipinski definition) is 5. The minimum Gasteiger partial charge on any atom is -0.271 e. The van der Waals surface area contributed by atoms with Crippen molar-refractivity contribution in [1.29, 1.82) is 0 Å². The van der Waals surface area contributed by atoms with Gasteiger partial charge < -0.3 is 0 Å². The van der Waals surface area contributed by atoms with Gasteiger partial charge in [0.15, 0.2) is 12.1 Å². The van der Waals surface area contributed by atoms with Gasteiger partial charge in [0.25, 0.3) is 11.8 Å². The van der Waals surface area contributed by atoms with Crippen LogP contribution in [0.4, 0.5) is 15.8 Å². The molecular weight excluding hydrogens is 347 g/mol. The van der Waals surface area contributed by atoms with Crippen LogP contribution in [0.5, 0.6) is 0 Å². The Bertz CT molecular complexity index is 1020. The van der Waals surface area contributed by atoms with Crippen molar-refractivity contribution < 1.29 is 14.0 Å². The van der Waals surface area contributed by atoms with Crippen molar-refractivity contribution in [1.82, 2.24) is 0 Å². The van der Waals surface area contributed by atoms with Crippen LogP contribution in [0.1, 0.15) is 23.1 Å². The molecule has 2 atom stereocenters. The van der Waals surface area contributed by atoms with Crippen molar-refractivity contribution in [2.45, 2.75) is 38.3 Å². The molecule has 6 nitrogen and oxygen atoms in total. The smallest absolute Gasteiger partial charge is 0.263 e. The molecule has 5 rings (SSSR count). The summed E-state index contributed by atoms with van der Waals surface area (Å²) in [5.74, 6) is -1.16. The number of nitrogens with zero attached hydrogens (tertiary/aromatic N) is 4. The second kappa shape index (κ2) is 5.70. The molecule has 2 aromatic rings. The third kappa shape index (κ3) is 2.31. The number of benzene rings is 2. The Morgan fingerprint density at radius 3 is 2.59 bits per heavy atom. The minimum atomic E-state index is -0.893. The molecule has 2 aliphatic heterocycles. The second-order valence-electron chi connectivity index (χ2n) is 7.19. The highest BCUT2D eigenvalue weighted by atomic mass is 19.1. The number of hydrogen-bond donors (Lipinski definition) is 0. The van der Waals surface area contributed by atoms with E-state index >= 15 is 0 Å². The fourth-order valence-corrected chi connectivity index (χ4v) is 4.05. The van der Waals surface area contributed by atoms with E-state index in [9.17, 15) is 14.0 Å². The third-order valence-corrected chi connectivity index (χ3v) is 5.54. The van der Waals surface area contributed by atoms with Crippen molar-refractivity contribution in [3.05, 3.63) is 58.9 Å². The van der Waals surface area contributed by atoms with Crippen LogP contribution in [0.3, 0.4) is 0 Å². The predicted molar refractivity (Wildman–Crippen MR) is 97.0 cm³/mol. The zero-order valence-electron chi connectivity index (χ0n) is 14.7. The van der Waals surface area contributed by atoms with Gasteiger partial charge in [0.2, 0.25) is 0 Å². The van der Waals surface area contributed by atoms with Crippen molar-refractivity contribution in [3.8, 4) is 0 Å². The first-order chi connectivity index (χ1) is 13.0. The number of imide groups is 1. The highest BCUT2D eigenvalue weighted by Crippen LogP contribution is 2.36. The van der Waals surface area contributed by atoms with Crippen molar-refractivity contribution in [2.75, 3.05) is 9.91 Å². The van der Waals surface area contributed by atoms with Gasteiger partial charge in [-0.05, 0) is 67.1 Å². The molecule has 0 saturated carbocycles. The van der Waals surface area contributed by atoms with E-state index in [1.807, 2.05) is 18.2 Å². The Balaban J connectivity index is 1.50. The van der Waals surface area contributed by atoms with Crippen LogP contribution in [0.25, 0.3) is 0 Å². The SMILES string of the molecule is Cc1ccc(N2N=NC3C(=O)N(c4ccc5c(c4)CCC5)C(=O)C32)cc1F. The molecule has 0 N–H and O–H groups in total. The Labute approximate surface area is 155 Å². The number of anilines is 2. The summed E-state index contributed by atoms with van der Waals surface area (Å²) in [5.41, 5.74) is 3.94. The molecule has 27 heavy (non-hydrogen) atoms. The van der Waals surface area contributed by atoms with E-state index in [0.717, 1.165) is 19.3 Å². The molecule has 0 bridgehead atoms. The van der Waals surface area contributed by atoms with E-state index in [4.69, 9.17) is 0 Å².